The van der Waals surface area contributed by atoms with Gasteiger partial charge in [-0.15, -0.1) is 0 Å². The van der Waals surface area contributed by atoms with Crippen LogP contribution in [0.4, 0.5) is 0 Å². The van der Waals surface area contributed by atoms with E-state index in [1.165, 1.54) is 0 Å². The number of rotatable bonds is 0. The summed E-state index contributed by atoms with van der Waals surface area (Å²) in [5.41, 5.74) is 0.907. The van der Waals surface area contributed by atoms with E-state index in [2.05, 4.69) is 32.6 Å². The van der Waals surface area contributed by atoms with E-state index in [0.29, 0.717) is 11.0 Å². The van der Waals surface area contributed by atoms with Crippen molar-refractivity contribution in [3.8, 4) is 0 Å². The number of aromatic nitrogens is 2. The van der Waals surface area contributed by atoms with Crippen LogP contribution in [0.15, 0.2) is 18.2 Å². The summed E-state index contributed by atoms with van der Waals surface area (Å²) in [5.74, 6) is 0.708. The van der Waals surface area contributed by atoms with E-state index in [0.717, 1.165) is 14.5 Å². The van der Waals surface area contributed by atoms with Crippen LogP contribution in [0.25, 0.3) is 10.9 Å². The first-order valence-electron chi connectivity index (χ1n) is 3.76. The number of hydrogen-bond acceptors (Lipinski definition) is 2. The lowest BCUT2D eigenvalue weighted by Crippen LogP contribution is -1.90. The lowest BCUT2D eigenvalue weighted by molar-refractivity contribution is 1.09. The summed E-state index contributed by atoms with van der Waals surface area (Å²) in [6.07, 6.45) is 0. The van der Waals surface area contributed by atoms with E-state index in [4.69, 9.17) is 11.6 Å². The minimum atomic E-state index is 0.527. The van der Waals surface area contributed by atoms with Gasteiger partial charge in [-0.2, -0.15) is 0 Å². The molecular weight excluding hydrogens is 298 g/mol. The highest BCUT2D eigenvalue weighted by Crippen LogP contribution is 2.21. The van der Waals surface area contributed by atoms with Gasteiger partial charge in [0.15, 0.2) is 0 Å². The molecule has 0 aliphatic carbocycles. The van der Waals surface area contributed by atoms with Gasteiger partial charge < -0.3 is 0 Å². The molecule has 0 saturated carbocycles. The molecule has 1 heterocycles. The third-order valence-corrected chi connectivity index (χ3v) is 2.68. The topological polar surface area (TPSA) is 25.8 Å². The molecule has 1 aromatic carbocycles. The van der Waals surface area contributed by atoms with Crippen molar-refractivity contribution in [1.29, 1.82) is 0 Å². The maximum atomic E-state index is 5.96. The minimum Gasteiger partial charge on any atom is -0.233 e. The Morgan fingerprint density at radius 1 is 1.31 bits per heavy atom. The van der Waals surface area contributed by atoms with Crippen LogP contribution in [0.2, 0.25) is 5.15 Å². The Morgan fingerprint density at radius 2 is 2.08 bits per heavy atom. The van der Waals surface area contributed by atoms with Gasteiger partial charge in [0.25, 0.3) is 0 Å². The molecule has 0 N–H and O–H groups in total. The van der Waals surface area contributed by atoms with E-state index in [1.807, 2.05) is 25.1 Å². The van der Waals surface area contributed by atoms with Crippen LogP contribution < -0.4 is 0 Å². The summed E-state index contributed by atoms with van der Waals surface area (Å²) in [4.78, 5) is 8.38. The van der Waals surface area contributed by atoms with Crippen LogP contribution in [0, 0.1) is 10.5 Å². The monoisotopic (exact) mass is 304 g/mol. The molecule has 0 unspecified atom stereocenters. The smallest absolute Gasteiger partial charge is 0.140 e. The number of fused-ring (bicyclic) bond motifs is 1. The summed E-state index contributed by atoms with van der Waals surface area (Å²) < 4.78 is 1.15. The summed E-state index contributed by atoms with van der Waals surface area (Å²) in [6, 6.07) is 5.93. The van der Waals surface area contributed by atoms with Gasteiger partial charge in [-0.25, -0.2) is 9.97 Å². The Balaban J connectivity index is 2.86. The van der Waals surface area contributed by atoms with Gasteiger partial charge in [0, 0.05) is 8.96 Å². The van der Waals surface area contributed by atoms with E-state index in [1.54, 1.807) is 0 Å². The van der Waals surface area contributed by atoms with Gasteiger partial charge >= 0.3 is 0 Å². The van der Waals surface area contributed by atoms with Gasteiger partial charge in [0.1, 0.15) is 11.0 Å². The second-order valence-electron chi connectivity index (χ2n) is 2.72. The predicted octanol–water partition coefficient (Wildman–Crippen LogP) is 3.20. The molecule has 2 nitrogen and oxygen atoms in total. The van der Waals surface area contributed by atoms with Crippen LogP contribution in [0.3, 0.4) is 0 Å². The van der Waals surface area contributed by atoms with Gasteiger partial charge in [0.2, 0.25) is 0 Å². The van der Waals surface area contributed by atoms with Crippen molar-refractivity contribution in [2.75, 3.05) is 0 Å². The molecule has 0 spiro atoms. The Bertz CT molecular complexity index is 465. The molecule has 2 rings (SSSR count). The van der Waals surface area contributed by atoms with Crippen molar-refractivity contribution < 1.29 is 0 Å². The number of halogens is 2. The van der Waals surface area contributed by atoms with Crippen molar-refractivity contribution in [1.82, 2.24) is 9.97 Å². The molecular formula is C9H6ClIN2. The lowest BCUT2D eigenvalue weighted by atomic mass is 10.2. The maximum Gasteiger partial charge on any atom is 0.140 e. The van der Waals surface area contributed by atoms with Crippen LogP contribution in [0.5, 0.6) is 0 Å². The van der Waals surface area contributed by atoms with Crippen LogP contribution in [-0.4, -0.2) is 9.97 Å². The average molecular weight is 305 g/mol. The molecule has 0 saturated heterocycles. The molecule has 0 aliphatic rings. The lowest BCUT2D eigenvalue weighted by Gasteiger charge is -2.00. The summed E-state index contributed by atoms with van der Waals surface area (Å²) in [7, 11) is 0. The Hall–Kier alpha value is -0.420. The summed E-state index contributed by atoms with van der Waals surface area (Å²) >= 11 is 8.21. The van der Waals surface area contributed by atoms with E-state index < -0.39 is 0 Å². The molecule has 0 fully saturated rings. The first kappa shape index (κ1) is 9.15. The highest BCUT2D eigenvalue weighted by Gasteiger charge is 2.02. The zero-order valence-corrected chi connectivity index (χ0v) is 9.80. The molecule has 13 heavy (non-hydrogen) atoms. The maximum absolute atomic E-state index is 5.96. The fraction of sp³-hybridized carbons (Fsp3) is 0.111. The van der Waals surface area contributed by atoms with Gasteiger partial charge in [-0.05, 0) is 47.7 Å². The molecule has 66 valence electrons. The summed E-state index contributed by atoms with van der Waals surface area (Å²) in [5, 5.41) is 1.44. The Kier molecular flexibility index (Phi) is 2.38. The average Bonchev–Trinajstić information content (AvgIpc) is 2.02. The third-order valence-electron chi connectivity index (χ3n) is 1.72. The van der Waals surface area contributed by atoms with E-state index >= 15 is 0 Å². The summed E-state index contributed by atoms with van der Waals surface area (Å²) in [6.45, 7) is 1.84. The quantitative estimate of drug-likeness (QED) is 0.552. The molecule has 0 atom stereocenters. The van der Waals surface area contributed by atoms with Crippen molar-refractivity contribution >= 4 is 45.1 Å². The minimum absolute atomic E-state index is 0.527. The molecule has 0 aliphatic heterocycles. The number of nitrogens with zero attached hydrogens (tertiary/aromatic N) is 2. The number of hydrogen-bond donors (Lipinski definition) is 0. The molecule has 0 radical (unpaired) electrons. The standard InChI is InChI=1S/C9H6ClIN2/c1-5-12-8-4-6(11)2-3-7(8)9(10)13-5/h2-4H,1H3. The third kappa shape index (κ3) is 1.76. The second kappa shape index (κ2) is 3.38. The van der Waals surface area contributed by atoms with Crippen molar-refractivity contribution in [2.45, 2.75) is 6.92 Å². The SMILES string of the molecule is Cc1nc(Cl)c2ccc(I)cc2n1. The van der Waals surface area contributed by atoms with Crippen LogP contribution in [0.1, 0.15) is 5.82 Å². The van der Waals surface area contributed by atoms with Gasteiger partial charge in [-0.1, -0.05) is 11.6 Å². The van der Waals surface area contributed by atoms with Crippen molar-refractivity contribution in [3.63, 3.8) is 0 Å². The van der Waals surface area contributed by atoms with Crippen LogP contribution in [-0.2, 0) is 0 Å². The van der Waals surface area contributed by atoms with Crippen LogP contribution >= 0.6 is 34.2 Å². The van der Waals surface area contributed by atoms with E-state index in [-0.39, 0.29) is 0 Å². The molecule has 2 aromatic rings. The largest absolute Gasteiger partial charge is 0.233 e. The fourth-order valence-corrected chi connectivity index (χ4v) is 1.93. The Morgan fingerprint density at radius 3 is 2.85 bits per heavy atom. The van der Waals surface area contributed by atoms with E-state index in [9.17, 15) is 0 Å². The zero-order chi connectivity index (χ0) is 9.42. The first-order chi connectivity index (χ1) is 6.16. The van der Waals surface area contributed by atoms with Crippen molar-refractivity contribution in [2.24, 2.45) is 0 Å². The molecule has 4 heteroatoms. The number of aryl methyl sites for hydroxylation is 1. The predicted molar refractivity (Wildman–Crippen MR) is 62.0 cm³/mol. The van der Waals surface area contributed by atoms with Gasteiger partial charge in [-0.3, -0.25) is 0 Å². The second-order valence-corrected chi connectivity index (χ2v) is 4.33. The fourth-order valence-electron chi connectivity index (χ4n) is 1.17. The van der Waals surface area contributed by atoms with Gasteiger partial charge in [0.05, 0.1) is 5.52 Å². The highest BCUT2D eigenvalue weighted by atomic mass is 127. The highest BCUT2D eigenvalue weighted by molar-refractivity contribution is 14.1. The molecule has 1 aromatic heterocycles. The first-order valence-corrected chi connectivity index (χ1v) is 5.22. The molecule has 0 bridgehead atoms. The normalized spacial score (nSPS) is 10.7. The zero-order valence-electron chi connectivity index (χ0n) is 6.88. The molecule has 0 amide bonds. The number of benzene rings is 1. The Labute approximate surface area is 94.5 Å². The van der Waals surface area contributed by atoms with Crippen molar-refractivity contribution in [3.05, 3.63) is 32.7 Å².